The lowest BCUT2D eigenvalue weighted by Crippen LogP contribution is -2.37. The number of carbonyl (C=O) groups is 1. The monoisotopic (exact) mass is 357 g/mol. The molecule has 3 aromatic rings. The van der Waals surface area contributed by atoms with Crippen molar-refractivity contribution in [3.63, 3.8) is 0 Å². The second kappa shape index (κ2) is 8.02. The summed E-state index contributed by atoms with van der Waals surface area (Å²) in [4.78, 5) is 14.4. The number of thioether (sulfide) groups is 1. The first-order valence-electron chi connectivity index (χ1n) is 7.97. The summed E-state index contributed by atoms with van der Waals surface area (Å²) in [5.41, 5.74) is 1.10. The molecule has 0 spiro atoms. The Morgan fingerprint density at radius 3 is 2.64 bits per heavy atom. The zero-order chi connectivity index (χ0) is 17.6. The van der Waals surface area contributed by atoms with Crippen molar-refractivity contribution >= 4 is 17.7 Å². The third kappa shape index (κ3) is 4.51. The molecule has 1 amide bonds. The van der Waals surface area contributed by atoms with E-state index in [2.05, 4.69) is 10.2 Å². The Morgan fingerprint density at radius 2 is 1.96 bits per heavy atom. The van der Waals surface area contributed by atoms with E-state index in [0.717, 1.165) is 5.56 Å². The van der Waals surface area contributed by atoms with Gasteiger partial charge in [0.25, 0.3) is 11.1 Å². The van der Waals surface area contributed by atoms with Gasteiger partial charge in [0.1, 0.15) is 0 Å². The molecular weight excluding hydrogens is 338 g/mol. The fraction of sp³-hybridized carbons (Fsp3) is 0.278. The fourth-order valence-electron chi connectivity index (χ4n) is 2.31. The molecule has 130 valence electrons. The molecule has 0 aliphatic heterocycles. The molecule has 25 heavy (non-hydrogen) atoms. The molecule has 1 aromatic carbocycles. The summed E-state index contributed by atoms with van der Waals surface area (Å²) in [5, 5.41) is 8.23. The molecule has 6 nitrogen and oxygen atoms in total. The Morgan fingerprint density at radius 1 is 1.16 bits per heavy atom. The van der Waals surface area contributed by atoms with E-state index < -0.39 is 0 Å². The standard InChI is InChI=1S/C18H19N3O3S/c1-13(2)21(11-14-7-4-3-5-8-14)16(22)12-25-18-20-19-17(24-18)15-9-6-10-23-15/h3-10,13H,11-12H2,1-2H3. The highest BCUT2D eigenvalue weighted by atomic mass is 32.2. The normalized spacial score (nSPS) is 11.0. The molecule has 3 rings (SSSR count). The van der Waals surface area contributed by atoms with Crippen molar-refractivity contribution in [2.45, 2.75) is 31.7 Å². The van der Waals surface area contributed by atoms with Crippen LogP contribution in [0.2, 0.25) is 0 Å². The van der Waals surface area contributed by atoms with Crippen LogP contribution in [0.1, 0.15) is 19.4 Å². The van der Waals surface area contributed by atoms with E-state index in [0.29, 0.717) is 23.4 Å². The van der Waals surface area contributed by atoms with Crippen LogP contribution in [0, 0.1) is 0 Å². The fourth-order valence-corrected chi connectivity index (χ4v) is 2.96. The third-order valence-electron chi connectivity index (χ3n) is 3.60. The maximum atomic E-state index is 12.6. The maximum absolute atomic E-state index is 12.6. The van der Waals surface area contributed by atoms with E-state index in [9.17, 15) is 4.79 Å². The van der Waals surface area contributed by atoms with Gasteiger partial charge < -0.3 is 13.7 Å². The molecule has 0 unspecified atom stereocenters. The molecule has 0 fully saturated rings. The van der Waals surface area contributed by atoms with Gasteiger partial charge in [0.05, 0.1) is 12.0 Å². The zero-order valence-corrected chi connectivity index (χ0v) is 14.9. The van der Waals surface area contributed by atoms with Crippen molar-refractivity contribution in [2.24, 2.45) is 0 Å². The predicted molar refractivity (Wildman–Crippen MR) is 94.9 cm³/mol. The molecule has 2 heterocycles. The number of amides is 1. The first kappa shape index (κ1) is 17.3. The Bertz CT molecular complexity index is 800. The highest BCUT2D eigenvalue weighted by Gasteiger charge is 2.19. The van der Waals surface area contributed by atoms with E-state index in [1.807, 2.05) is 49.1 Å². The van der Waals surface area contributed by atoms with Gasteiger partial charge in [-0.05, 0) is 31.5 Å². The predicted octanol–water partition coefficient (Wildman–Crippen LogP) is 3.86. The second-order valence-electron chi connectivity index (χ2n) is 5.74. The second-order valence-corrected chi connectivity index (χ2v) is 6.67. The first-order valence-corrected chi connectivity index (χ1v) is 8.95. The molecule has 0 saturated carbocycles. The smallest absolute Gasteiger partial charge is 0.284 e. The summed E-state index contributed by atoms with van der Waals surface area (Å²) in [6.45, 7) is 4.60. The van der Waals surface area contributed by atoms with Crippen LogP contribution in [-0.4, -0.2) is 32.8 Å². The molecule has 0 N–H and O–H groups in total. The summed E-state index contributed by atoms with van der Waals surface area (Å²) >= 11 is 1.23. The van der Waals surface area contributed by atoms with Gasteiger partial charge in [0, 0.05) is 12.6 Å². The Labute approximate surface area is 150 Å². The summed E-state index contributed by atoms with van der Waals surface area (Å²) in [5.74, 6) is 1.09. The molecule has 0 atom stereocenters. The van der Waals surface area contributed by atoms with Crippen LogP contribution in [0.5, 0.6) is 0 Å². The lowest BCUT2D eigenvalue weighted by Gasteiger charge is -2.26. The van der Waals surface area contributed by atoms with Crippen LogP contribution in [0.25, 0.3) is 11.7 Å². The number of nitrogens with zero attached hydrogens (tertiary/aromatic N) is 3. The summed E-state index contributed by atoms with van der Waals surface area (Å²) in [7, 11) is 0. The Balaban J connectivity index is 1.60. The Hall–Kier alpha value is -2.54. The summed E-state index contributed by atoms with van der Waals surface area (Å²) < 4.78 is 10.7. The highest BCUT2D eigenvalue weighted by molar-refractivity contribution is 7.99. The quantitative estimate of drug-likeness (QED) is 0.598. The molecule has 0 aliphatic rings. The number of furan rings is 1. The molecular formula is C18H19N3O3S. The van der Waals surface area contributed by atoms with Crippen molar-refractivity contribution in [1.82, 2.24) is 15.1 Å². The summed E-state index contributed by atoms with van der Waals surface area (Å²) in [6, 6.07) is 13.5. The van der Waals surface area contributed by atoms with Gasteiger partial charge in [-0.15, -0.1) is 10.2 Å². The van der Waals surface area contributed by atoms with Gasteiger partial charge >= 0.3 is 0 Å². The van der Waals surface area contributed by atoms with Crippen molar-refractivity contribution in [1.29, 1.82) is 0 Å². The van der Waals surface area contributed by atoms with Crippen LogP contribution in [0.15, 0.2) is 62.8 Å². The maximum Gasteiger partial charge on any atom is 0.284 e. The van der Waals surface area contributed by atoms with E-state index >= 15 is 0 Å². The van der Waals surface area contributed by atoms with E-state index in [1.54, 1.807) is 18.4 Å². The molecule has 0 aliphatic carbocycles. The SMILES string of the molecule is CC(C)N(Cc1ccccc1)C(=O)CSc1nnc(-c2ccco2)o1. The zero-order valence-electron chi connectivity index (χ0n) is 14.1. The largest absolute Gasteiger partial charge is 0.459 e. The van der Waals surface area contributed by atoms with E-state index in [1.165, 1.54) is 11.8 Å². The topological polar surface area (TPSA) is 72.4 Å². The van der Waals surface area contributed by atoms with Crippen LogP contribution in [0.4, 0.5) is 0 Å². The van der Waals surface area contributed by atoms with Crippen molar-refractivity contribution in [3.05, 3.63) is 54.3 Å². The van der Waals surface area contributed by atoms with Crippen LogP contribution in [-0.2, 0) is 11.3 Å². The van der Waals surface area contributed by atoms with Crippen LogP contribution < -0.4 is 0 Å². The minimum absolute atomic E-state index is 0.0293. The molecule has 0 bridgehead atoms. The molecule has 2 aromatic heterocycles. The van der Waals surface area contributed by atoms with Gasteiger partial charge in [-0.2, -0.15) is 0 Å². The van der Waals surface area contributed by atoms with E-state index in [4.69, 9.17) is 8.83 Å². The van der Waals surface area contributed by atoms with Crippen molar-refractivity contribution in [2.75, 3.05) is 5.75 Å². The van der Waals surface area contributed by atoms with Crippen LogP contribution >= 0.6 is 11.8 Å². The minimum Gasteiger partial charge on any atom is -0.459 e. The van der Waals surface area contributed by atoms with E-state index in [-0.39, 0.29) is 17.7 Å². The van der Waals surface area contributed by atoms with Gasteiger partial charge in [0.2, 0.25) is 5.91 Å². The average Bonchev–Trinajstić information content (AvgIpc) is 3.29. The average molecular weight is 357 g/mol. The lowest BCUT2D eigenvalue weighted by molar-refractivity contribution is -0.130. The Kier molecular flexibility index (Phi) is 5.55. The number of aromatic nitrogens is 2. The number of carbonyl (C=O) groups excluding carboxylic acids is 1. The lowest BCUT2D eigenvalue weighted by atomic mass is 10.2. The molecule has 0 saturated heterocycles. The summed E-state index contributed by atoms with van der Waals surface area (Å²) in [6.07, 6.45) is 1.54. The number of benzene rings is 1. The highest BCUT2D eigenvalue weighted by Crippen LogP contribution is 2.24. The van der Waals surface area contributed by atoms with Crippen molar-refractivity contribution in [3.8, 4) is 11.7 Å². The third-order valence-corrected chi connectivity index (χ3v) is 4.40. The van der Waals surface area contributed by atoms with Crippen molar-refractivity contribution < 1.29 is 13.6 Å². The van der Waals surface area contributed by atoms with Crippen LogP contribution in [0.3, 0.4) is 0 Å². The number of hydrogen-bond acceptors (Lipinski definition) is 6. The van der Waals surface area contributed by atoms with Gasteiger partial charge in [-0.25, -0.2) is 0 Å². The first-order chi connectivity index (χ1) is 12.1. The number of rotatable bonds is 7. The minimum atomic E-state index is 0.0293. The molecule has 7 heteroatoms. The number of hydrogen-bond donors (Lipinski definition) is 0. The van der Waals surface area contributed by atoms with Gasteiger partial charge in [-0.3, -0.25) is 4.79 Å². The van der Waals surface area contributed by atoms with Gasteiger partial charge in [-0.1, -0.05) is 42.1 Å². The molecule has 0 radical (unpaired) electrons. The van der Waals surface area contributed by atoms with Gasteiger partial charge in [0.15, 0.2) is 5.76 Å².